The molecule has 0 aliphatic carbocycles. The molecule has 2 aliphatic heterocycles. The topological polar surface area (TPSA) is 62.7 Å². The molecule has 2 aliphatic rings. The highest BCUT2D eigenvalue weighted by molar-refractivity contribution is 5.84. The number of carbonyl (C=O) groups is 1. The molecule has 1 atom stereocenters. The summed E-state index contributed by atoms with van der Waals surface area (Å²) in [6, 6.07) is 8.29. The molecule has 0 amide bonds. The fraction of sp³-hybridized carbons (Fsp3) is 0.474. The molecular formula is C19H22N2O3. The minimum absolute atomic E-state index is 0.129. The van der Waals surface area contributed by atoms with E-state index in [1.54, 1.807) is 0 Å². The SMILES string of the molecule is O=C(O)C1CN(Cc2cccc3cnccc23)CC12CCOCC2. The van der Waals surface area contributed by atoms with Gasteiger partial charge in [0.1, 0.15) is 0 Å². The van der Waals surface area contributed by atoms with Crippen molar-refractivity contribution in [3.8, 4) is 0 Å². The molecule has 0 saturated carbocycles. The van der Waals surface area contributed by atoms with Gasteiger partial charge in [-0.1, -0.05) is 18.2 Å². The van der Waals surface area contributed by atoms with Gasteiger partial charge in [-0.2, -0.15) is 0 Å². The number of aromatic nitrogens is 1. The second-order valence-electron chi connectivity index (χ2n) is 7.05. The molecule has 2 aromatic rings. The van der Waals surface area contributed by atoms with E-state index in [9.17, 15) is 9.90 Å². The average Bonchev–Trinajstić information content (AvgIpc) is 2.93. The molecule has 5 nitrogen and oxygen atoms in total. The number of hydrogen-bond donors (Lipinski definition) is 1. The Morgan fingerprint density at radius 1 is 1.33 bits per heavy atom. The maximum Gasteiger partial charge on any atom is 0.308 e. The monoisotopic (exact) mass is 326 g/mol. The van der Waals surface area contributed by atoms with Crippen molar-refractivity contribution in [1.82, 2.24) is 9.88 Å². The molecule has 2 fully saturated rings. The van der Waals surface area contributed by atoms with Gasteiger partial charge in [-0.25, -0.2) is 0 Å². The quantitative estimate of drug-likeness (QED) is 0.939. The van der Waals surface area contributed by atoms with E-state index in [1.165, 1.54) is 10.9 Å². The van der Waals surface area contributed by atoms with Crippen LogP contribution in [0.4, 0.5) is 0 Å². The van der Waals surface area contributed by atoms with E-state index in [1.807, 2.05) is 24.5 Å². The third kappa shape index (κ3) is 2.68. The minimum atomic E-state index is -0.665. The highest BCUT2D eigenvalue weighted by Crippen LogP contribution is 2.44. The molecule has 2 saturated heterocycles. The lowest BCUT2D eigenvalue weighted by atomic mass is 9.72. The van der Waals surface area contributed by atoms with Crippen LogP contribution >= 0.6 is 0 Å². The van der Waals surface area contributed by atoms with Crippen molar-refractivity contribution in [3.05, 3.63) is 42.2 Å². The van der Waals surface area contributed by atoms with Crippen LogP contribution in [-0.4, -0.2) is 47.3 Å². The van der Waals surface area contributed by atoms with Crippen LogP contribution in [-0.2, 0) is 16.1 Å². The Kier molecular flexibility index (Phi) is 3.98. The maximum atomic E-state index is 11.8. The number of benzene rings is 1. The van der Waals surface area contributed by atoms with Gasteiger partial charge in [0.15, 0.2) is 0 Å². The molecule has 1 aromatic heterocycles. The fourth-order valence-electron chi connectivity index (χ4n) is 4.39. The number of hydrogen-bond acceptors (Lipinski definition) is 4. The van der Waals surface area contributed by atoms with Crippen molar-refractivity contribution in [2.45, 2.75) is 19.4 Å². The van der Waals surface area contributed by atoms with Gasteiger partial charge in [0.2, 0.25) is 0 Å². The summed E-state index contributed by atoms with van der Waals surface area (Å²) >= 11 is 0. The summed E-state index contributed by atoms with van der Waals surface area (Å²) in [6.07, 6.45) is 5.39. The number of fused-ring (bicyclic) bond motifs is 1. The summed E-state index contributed by atoms with van der Waals surface area (Å²) in [5.74, 6) is -0.959. The lowest BCUT2D eigenvalue weighted by molar-refractivity contribution is -0.146. The highest BCUT2D eigenvalue weighted by Gasteiger charge is 2.50. The van der Waals surface area contributed by atoms with Gasteiger partial charge in [0, 0.05) is 56.0 Å². The van der Waals surface area contributed by atoms with Crippen LogP contribution in [0.2, 0.25) is 0 Å². The number of carboxylic acids is 1. The second kappa shape index (κ2) is 6.15. The summed E-state index contributed by atoms with van der Waals surface area (Å²) in [5, 5.41) is 12.0. The molecule has 0 bridgehead atoms. The Labute approximate surface area is 141 Å². The molecule has 4 rings (SSSR count). The summed E-state index contributed by atoms with van der Waals surface area (Å²) in [6.45, 7) is 3.61. The Balaban J connectivity index is 1.60. The second-order valence-corrected chi connectivity index (χ2v) is 7.05. The Hall–Kier alpha value is -1.98. The van der Waals surface area contributed by atoms with E-state index >= 15 is 0 Å². The van der Waals surface area contributed by atoms with E-state index in [-0.39, 0.29) is 11.3 Å². The third-order valence-corrected chi connectivity index (χ3v) is 5.67. The van der Waals surface area contributed by atoms with Crippen molar-refractivity contribution >= 4 is 16.7 Å². The zero-order chi connectivity index (χ0) is 16.6. The maximum absolute atomic E-state index is 11.8. The van der Waals surface area contributed by atoms with Crippen LogP contribution in [0.15, 0.2) is 36.7 Å². The van der Waals surface area contributed by atoms with Crippen molar-refractivity contribution in [2.75, 3.05) is 26.3 Å². The van der Waals surface area contributed by atoms with Crippen LogP contribution in [0.3, 0.4) is 0 Å². The van der Waals surface area contributed by atoms with Crippen molar-refractivity contribution in [1.29, 1.82) is 0 Å². The number of nitrogens with zero attached hydrogens (tertiary/aromatic N) is 2. The average molecular weight is 326 g/mol. The lowest BCUT2D eigenvalue weighted by Crippen LogP contribution is -2.40. The largest absolute Gasteiger partial charge is 0.481 e. The van der Waals surface area contributed by atoms with E-state index < -0.39 is 5.97 Å². The van der Waals surface area contributed by atoms with Gasteiger partial charge in [-0.05, 0) is 29.9 Å². The number of likely N-dealkylation sites (tertiary alicyclic amines) is 1. The van der Waals surface area contributed by atoms with Crippen molar-refractivity contribution in [2.24, 2.45) is 11.3 Å². The summed E-state index contributed by atoms with van der Waals surface area (Å²) in [7, 11) is 0. The summed E-state index contributed by atoms with van der Waals surface area (Å²) in [4.78, 5) is 18.3. The number of rotatable bonds is 3. The van der Waals surface area contributed by atoms with Gasteiger partial charge in [0.05, 0.1) is 5.92 Å². The standard InChI is InChI=1S/C19H22N2O3/c22-18(23)17-12-21(13-19(17)5-8-24-9-6-19)11-15-3-1-2-14-10-20-7-4-16(14)15/h1-4,7,10,17H,5-6,8-9,11-13H2,(H,22,23). The zero-order valence-electron chi connectivity index (χ0n) is 13.6. The molecule has 5 heteroatoms. The highest BCUT2D eigenvalue weighted by atomic mass is 16.5. The number of aliphatic carboxylic acids is 1. The minimum Gasteiger partial charge on any atom is -0.481 e. The predicted molar refractivity (Wildman–Crippen MR) is 90.6 cm³/mol. The molecule has 1 unspecified atom stereocenters. The van der Waals surface area contributed by atoms with Crippen molar-refractivity contribution < 1.29 is 14.6 Å². The molecule has 1 spiro atoms. The van der Waals surface area contributed by atoms with Crippen LogP contribution in [0.1, 0.15) is 18.4 Å². The third-order valence-electron chi connectivity index (χ3n) is 5.67. The van der Waals surface area contributed by atoms with E-state index in [0.29, 0.717) is 19.8 Å². The Morgan fingerprint density at radius 2 is 2.17 bits per heavy atom. The molecule has 1 aromatic carbocycles. The normalized spacial score (nSPS) is 23.8. The lowest BCUT2D eigenvalue weighted by Gasteiger charge is -2.36. The van der Waals surface area contributed by atoms with Crippen molar-refractivity contribution in [3.63, 3.8) is 0 Å². The van der Waals surface area contributed by atoms with Crippen LogP contribution < -0.4 is 0 Å². The van der Waals surface area contributed by atoms with Crippen LogP contribution in [0.25, 0.3) is 10.8 Å². The molecule has 126 valence electrons. The first-order valence-electron chi connectivity index (χ1n) is 8.52. The number of pyridine rings is 1. The van der Waals surface area contributed by atoms with Gasteiger partial charge in [-0.15, -0.1) is 0 Å². The Morgan fingerprint density at radius 3 is 2.96 bits per heavy atom. The molecule has 1 N–H and O–H groups in total. The fourth-order valence-corrected chi connectivity index (χ4v) is 4.39. The predicted octanol–water partition coefficient (Wildman–Crippen LogP) is 2.55. The van der Waals surface area contributed by atoms with Gasteiger partial charge >= 0.3 is 5.97 Å². The smallest absolute Gasteiger partial charge is 0.308 e. The van der Waals surface area contributed by atoms with Gasteiger partial charge < -0.3 is 9.84 Å². The summed E-state index contributed by atoms with van der Waals surface area (Å²) in [5.41, 5.74) is 1.11. The molecule has 0 radical (unpaired) electrons. The Bertz CT molecular complexity index is 750. The first kappa shape index (κ1) is 15.5. The molecule has 24 heavy (non-hydrogen) atoms. The van der Waals surface area contributed by atoms with Crippen LogP contribution in [0.5, 0.6) is 0 Å². The number of carboxylic acid groups (broad SMARTS) is 1. The number of ether oxygens (including phenoxy) is 1. The van der Waals surface area contributed by atoms with Crippen LogP contribution in [0, 0.1) is 11.3 Å². The molecule has 3 heterocycles. The van der Waals surface area contributed by atoms with E-state index in [2.05, 4.69) is 22.0 Å². The van der Waals surface area contributed by atoms with E-state index in [0.717, 1.165) is 31.3 Å². The first-order chi connectivity index (χ1) is 11.7. The molecular weight excluding hydrogens is 304 g/mol. The van der Waals surface area contributed by atoms with E-state index in [4.69, 9.17) is 4.74 Å². The van der Waals surface area contributed by atoms with Gasteiger partial charge in [-0.3, -0.25) is 14.7 Å². The zero-order valence-corrected chi connectivity index (χ0v) is 13.6. The summed E-state index contributed by atoms with van der Waals surface area (Å²) < 4.78 is 5.48. The first-order valence-corrected chi connectivity index (χ1v) is 8.52. The van der Waals surface area contributed by atoms with Gasteiger partial charge in [0.25, 0.3) is 0 Å².